The fourth-order valence-electron chi connectivity index (χ4n) is 1.28. The van der Waals surface area contributed by atoms with Gasteiger partial charge in [-0.05, 0) is 0 Å². The van der Waals surface area contributed by atoms with Crippen LogP contribution in [0.15, 0.2) is 14.7 Å². The van der Waals surface area contributed by atoms with E-state index in [2.05, 4.69) is 0 Å². The quantitative estimate of drug-likeness (QED) is 0.612. The lowest BCUT2D eigenvalue weighted by molar-refractivity contribution is 0.479. The molecule has 0 radical (unpaired) electrons. The lowest BCUT2D eigenvalue weighted by atomic mass is 10.3. The van der Waals surface area contributed by atoms with Gasteiger partial charge in [0, 0.05) is 0 Å². The second-order valence-corrected chi connectivity index (χ2v) is 8.56. The molecule has 0 fully saturated rings. The summed E-state index contributed by atoms with van der Waals surface area (Å²) in [6.07, 6.45) is 0. The highest BCUT2D eigenvalue weighted by Crippen LogP contribution is 2.44. The summed E-state index contributed by atoms with van der Waals surface area (Å²) < 4.78 is 93.6. The molecule has 0 atom stereocenters. The second kappa shape index (κ2) is 5.47. The van der Waals surface area contributed by atoms with Gasteiger partial charge in [-0.1, -0.05) is 34.8 Å². The SMILES string of the molecule is O=S(=O)(O)c1c(Cl)c(S(=O)(=O)O)c(Cl)c(S(=O)(=O)O)c1Cl. The Bertz CT molecular complexity index is 785. The van der Waals surface area contributed by atoms with Crippen molar-refractivity contribution < 1.29 is 38.9 Å². The van der Waals surface area contributed by atoms with Crippen LogP contribution in [0.25, 0.3) is 0 Å². The van der Waals surface area contributed by atoms with E-state index in [1.54, 1.807) is 0 Å². The van der Waals surface area contributed by atoms with E-state index in [0.29, 0.717) is 0 Å². The molecule has 0 unspecified atom stereocenters. The van der Waals surface area contributed by atoms with E-state index in [9.17, 15) is 25.3 Å². The zero-order chi connectivity index (χ0) is 17.0. The smallest absolute Gasteiger partial charge is 0.282 e. The largest absolute Gasteiger partial charge is 0.297 e. The molecule has 0 bridgehead atoms. The Morgan fingerprint density at radius 2 is 0.667 bits per heavy atom. The van der Waals surface area contributed by atoms with Gasteiger partial charge in [-0.3, -0.25) is 13.7 Å². The minimum absolute atomic E-state index is 1.34. The molecule has 0 saturated heterocycles. The van der Waals surface area contributed by atoms with Crippen molar-refractivity contribution in [3.8, 4) is 0 Å². The first-order valence-corrected chi connectivity index (χ1v) is 9.68. The molecule has 0 aliphatic rings. The molecule has 21 heavy (non-hydrogen) atoms. The van der Waals surface area contributed by atoms with Crippen LogP contribution < -0.4 is 0 Å². The van der Waals surface area contributed by atoms with Gasteiger partial charge in [0.2, 0.25) is 0 Å². The molecule has 120 valence electrons. The molecule has 0 amide bonds. The van der Waals surface area contributed by atoms with Crippen molar-refractivity contribution in [3.63, 3.8) is 0 Å². The van der Waals surface area contributed by atoms with Crippen LogP contribution >= 0.6 is 34.8 Å². The number of hydrogen-bond acceptors (Lipinski definition) is 6. The van der Waals surface area contributed by atoms with E-state index in [4.69, 9.17) is 48.5 Å². The van der Waals surface area contributed by atoms with Crippen LogP contribution in [0.2, 0.25) is 15.1 Å². The second-order valence-electron chi connectivity index (χ2n) is 3.35. The fraction of sp³-hybridized carbons (Fsp3) is 0. The topological polar surface area (TPSA) is 163 Å². The molecular weight excluding hydrogens is 419 g/mol. The molecule has 1 aromatic carbocycles. The average molecular weight is 422 g/mol. The molecule has 0 aliphatic heterocycles. The van der Waals surface area contributed by atoms with Gasteiger partial charge in [0.1, 0.15) is 14.7 Å². The molecule has 0 aliphatic carbocycles. The minimum atomic E-state index is -5.32. The van der Waals surface area contributed by atoms with Crippen molar-refractivity contribution in [1.29, 1.82) is 0 Å². The maximum absolute atomic E-state index is 11.1. The van der Waals surface area contributed by atoms with Crippen LogP contribution in [0.3, 0.4) is 0 Å². The monoisotopic (exact) mass is 420 g/mol. The van der Waals surface area contributed by atoms with E-state index in [1.165, 1.54) is 0 Å². The minimum Gasteiger partial charge on any atom is -0.282 e. The van der Waals surface area contributed by atoms with E-state index < -0.39 is 60.1 Å². The van der Waals surface area contributed by atoms with Gasteiger partial charge in [-0.2, -0.15) is 25.3 Å². The number of halogens is 3. The summed E-state index contributed by atoms with van der Waals surface area (Å²) in [5.74, 6) is 0. The molecule has 1 aromatic rings. The molecular formula is C6H3Cl3O9S3. The zero-order valence-electron chi connectivity index (χ0n) is 9.15. The normalized spacial score (nSPS) is 13.4. The summed E-state index contributed by atoms with van der Waals surface area (Å²) in [5, 5.41) is -4.03. The Kier molecular flexibility index (Phi) is 4.92. The van der Waals surface area contributed by atoms with Crippen LogP contribution in [0.4, 0.5) is 0 Å². The first kappa shape index (κ1) is 18.9. The van der Waals surface area contributed by atoms with Crippen molar-refractivity contribution in [3.05, 3.63) is 15.1 Å². The Balaban J connectivity index is 4.36. The molecule has 0 saturated carbocycles. The summed E-state index contributed by atoms with van der Waals surface area (Å²) in [6, 6.07) is 0. The zero-order valence-corrected chi connectivity index (χ0v) is 13.9. The third-order valence-corrected chi connectivity index (χ3v) is 6.55. The van der Waals surface area contributed by atoms with E-state index in [1.807, 2.05) is 0 Å². The summed E-state index contributed by atoms with van der Waals surface area (Å²) in [5.41, 5.74) is 0. The maximum atomic E-state index is 11.1. The Labute approximate surface area is 133 Å². The van der Waals surface area contributed by atoms with E-state index in [-0.39, 0.29) is 0 Å². The van der Waals surface area contributed by atoms with Gasteiger partial charge >= 0.3 is 0 Å². The van der Waals surface area contributed by atoms with Gasteiger partial charge in [-0.25, -0.2) is 0 Å². The third kappa shape index (κ3) is 3.60. The van der Waals surface area contributed by atoms with Crippen LogP contribution in [0.5, 0.6) is 0 Å². The lowest BCUT2D eigenvalue weighted by Gasteiger charge is -2.13. The summed E-state index contributed by atoms with van der Waals surface area (Å²) >= 11 is 16.2. The third-order valence-electron chi connectivity index (χ3n) is 1.97. The van der Waals surface area contributed by atoms with Gasteiger partial charge in [0.05, 0.1) is 15.1 Å². The summed E-state index contributed by atoms with van der Waals surface area (Å²) in [6.45, 7) is 0. The van der Waals surface area contributed by atoms with Gasteiger partial charge in [0.25, 0.3) is 30.4 Å². The standard InChI is InChI=1S/C6H3Cl3O9S3/c7-1-4(19(10,11)12)2(8)6(21(16,17)18)3(9)5(1)20(13,14)15/h(H,10,11,12)(H,13,14,15)(H,16,17,18). The number of hydrogen-bond donors (Lipinski definition) is 3. The summed E-state index contributed by atoms with van der Waals surface area (Å²) in [7, 11) is -16.0. The predicted octanol–water partition coefficient (Wildman–Crippen LogP) is 1.39. The van der Waals surface area contributed by atoms with Crippen LogP contribution in [0.1, 0.15) is 0 Å². The first-order chi connectivity index (χ1) is 9.10. The highest BCUT2D eigenvalue weighted by Gasteiger charge is 2.36. The maximum Gasteiger partial charge on any atom is 0.297 e. The van der Waals surface area contributed by atoms with Crippen molar-refractivity contribution >= 4 is 65.2 Å². The van der Waals surface area contributed by atoms with Crippen molar-refractivity contribution in [2.45, 2.75) is 14.7 Å². The van der Waals surface area contributed by atoms with E-state index >= 15 is 0 Å². The van der Waals surface area contributed by atoms with Gasteiger partial charge in [0.15, 0.2) is 0 Å². The molecule has 1 rings (SSSR count). The van der Waals surface area contributed by atoms with Gasteiger partial charge in [-0.15, -0.1) is 0 Å². The van der Waals surface area contributed by atoms with Crippen molar-refractivity contribution in [1.82, 2.24) is 0 Å². The predicted molar refractivity (Wildman–Crippen MR) is 70.9 cm³/mol. The van der Waals surface area contributed by atoms with E-state index in [0.717, 1.165) is 0 Å². The molecule has 3 N–H and O–H groups in total. The fourth-order valence-corrected chi connectivity index (χ4v) is 5.91. The van der Waals surface area contributed by atoms with Crippen LogP contribution in [-0.4, -0.2) is 38.9 Å². The first-order valence-electron chi connectivity index (χ1n) is 4.23. The Morgan fingerprint density at radius 3 is 0.762 bits per heavy atom. The van der Waals surface area contributed by atoms with Crippen molar-refractivity contribution in [2.24, 2.45) is 0 Å². The highest BCUT2D eigenvalue weighted by molar-refractivity contribution is 7.88. The Morgan fingerprint density at radius 1 is 0.524 bits per heavy atom. The molecule has 0 spiro atoms. The van der Waals surface area contributed by atoms with Crippen LogP contribution in [0, 0.1) is 0 Å². The van der Waals surface area contributed by atoms with Crippen molar-refractivity contribution in [2.75, 3.05) is 0 Å². The molecule has 15 heteroatoms. The van der Waals surface area contributed by atoms with Gasteiger partial charge < -0.3 is 0 Å². The average Bonchev–Trinajstić information content (AvgIpc) is 2.07. The lowest BCUT2D eigenvalue weighted by Crippen LogP contribution is -2.12. The highest BCUT2D eigenvalue weighted by atomic mass is 35.5. The number of rotatable bonds is 3. The molecule has 9 nitrogen and oxygen atoms in total. The Hall–Kier alpha value is -0.180. The molecule has 0 aromatic heterocycles. The number of benzene rings is 1. The summed E-state index contributed by atoms with van der Waals surface area (Å²) in [4.78, 5) is -4.68. The van der Waals surface area contributed by atoms with Crippen LogP contribution in [-0.2, 0) is 30.4 Å². The molecule has 0 heterocycles.